The van der Waals surface area contributed by atoms with Crippen LogP contribution in [0.3, 0.4) is 0 Å². The fourth-order valence-corrected chi connectivity index (χ4v) is 3.83. The molecular formula is C10H9NO4S2. The molecule has 0 radical (unpaired) electrons. The van der Waals surface area contributed by atoms with Crippen LogP contribution in [-0.4, -0.2) is 25.5 Å². The van der Waals surface area contributed by atoms with E-state index in [2.05, 4.69) is 4.74 Å². The minimum absolute atomic E-state index is 0.0365. The van der Waals surface area contributed by atoms with Crippen molar-refractivity contribution in [2.45, 2.75) is 4.90 Å². The van der Waals surface area contributed by atoms with Crippen LogP contribution in [0.5, 0.6) is 0 Å². The quantitative estimate of drug-likeness (QED) is 0.795. The fourth-order valence-electron chi connectivity index (χ4n) is 1.33. The summed E-state index contributed by atoms with van der Waals surface area (Å²) >= 11 is 1.04. The summed E-state index contributed by atoms with van der Waals surface area (Å²) in [4.78, 5) is 11.5. The van der Waals surface area contributed by atoms with Crippen molar-refractivity contribution in [1.82, 2.24) is 3.97 Å². The summed E-state index contributed by atoms with van der Waals surface area (Å²) in [5, 5.41) is 1.54. The summed E-state index contributed by atoms with van der Waals surface area (Å²) in [7, 11) is -2.50. The molecule has 7 heteroatoms. The van der Waals surface area contributed by atoms with Crippen molar-refractivity contribution in [3.8, 4) is 0 Å². The number of hydrogen-bond acceptors (Lipinski definition) is 5. The summed E-state index contributed by atoms with van der Waals surface area (Å²) in [6.45, 7) is 0. The highest BCUT2D eigenvalue weighted by Gasteiger charge is 2.25. The number of thiophene rings is 1. The summed E-state index contributed by atoms with van der Waals surface area (Å²) in [6, 6.07) is 4.59. The van der Waals surface area contributed by atoms with E-state index in [0.717, 1.165) is 15.3 Å². The van der Waals surface area contributed by atoms with Crippen molar-refractivity contribution >= 4 is 27.3 Å². The van der Waals surface area contributed by atoms with Crippen LogP contribution in [0, 0.1) is 0 Å². The molecule has 5 nitrogen and oxygen atoms in total. The van der Waals surface area contributed by atoms with Gasteiger partial charge in [0.2, 0.25) is 0 Å². The van der Waals surface area contributed by atoms with Gasteiger partial charge in [0.1, 0.15) is 9.77 Å². The van der Waals surface area contributed by atoms with Gasteiger partial charge in [-0.2, -0.15) is 0 Å². The van der Waals surface area contributed by atoms with Crippen LogP contribution in [0.1, 0.15) is 9.67 Å². The molecule has 0 spiro atoms. The van der Waals surface area contributed by atoms with Crippen LogP contribution in [-0.2, 0) is 14.8 Å². The molecular weight excluding hydrogens is 262 g/mol. The van der Waals surface area contributed by atoms with E-state index < -0.39 is 16.0 Å². The highest BCUT2D eigenvalue weighted by molar-refractivity contribution is 7.90. The van der Waals surface area contributed by atoms with E-state index in [9.17, 15) is 13.2 Å². The molecule has 0 aliphatic rings. The van der Waals surface area contributed by atoms with Crippen LogP contribution >= 0.6 is 11.3 Å². The summed E-state index contributed by atoms with van der Waals surface area (Å²) < 4.78 is 29.9. The number of carbonyl (C=O) groups excluding carboxylic acids is 1. The van der Waals surface area contributed by atoms with Gasteiger partial charge in [-0.1, -0.05) is 0 Å². The largest absolute Gasteiger partial charge is 0.465 e. The van der Waals surface area contributed by atoms with E-state index in [4.69, 9.17) is 0 Å². The first-order chi connectivity index (χ1) is 8.07. The van der Waals surface area contributed by atoms with E-state index >= 15 is 0 Å². The monoisotopic (exact) mass is 271 g/mol. The van der Waals surface area contributed by atoms with Gasteiger partial charge in [-0.25, -0.2) is 17.2 Å². The van der Waals surface area contributed by atoms with Crippen LogP contribution in [0.25, 0.3) is 0 Å². The number of ether oxygens (including phenoxy) is 1. The van der Waals surface area contributed by atoms with Crippen molar-refractivity contribution < 1.29 is 17.9 Å². The molecule has 0 aromatic carbocycles. The first-order valence-electron chi connectivity index (χ1n) is 4.61. The van der Waals surface area contributed by atoms with Crippen molar-refractivity contribution in [2.75, 3.05) is 7.11 Å². The zero-order valence-corrected chi connectivity index (χ0v) is 10.5. The lowest BCUT2D eigenvalue weighted by molar-refractivity contribution is 0.0602. The Morgan fingerprint density at radius 3 is 2.59 bits per heavy atom. The smallest absolute Gasteiger partial charge is 0.349 e. The van der Waals surface area contributed by atoms with Crippen molar-refractivity contribution in [1.29, 1.82) is 0 Å². The molecule has 0 atom stereocenters. The Kier molecular flexibility index (Phi) is 3.03. The third-order valence-electron chi connectivity index (χ3n) is 2.13. The summed E-state index contributed by atoms with van der Waals surface area (Å²) in [5.41, 5.74) is 0. The van der Waals surface area contributed by atoms with Gasteiger partial charge in [0.25, 0.3) is 10.0 Å². The van der Waals surface area contributed by atoms with Crippen molar-refractivity contribution in [2.24, 2.45) is 0 Å². The van der Waals surface area contributed by atoms with E-state index in [1.807, 2.05) is 0 Å². The SMILES string of the molecule is COC(=O)c1sccc1S(=O)(=O)n1cccc1. The molecule has 0 unspecified atom stereocenters. The number of methoxy groups -OCH3 is 1. The van der Waals surface area contributed by atoms with E-state index in [1.54, 1.807) is 17.5 Å². The summed E-state index contributed by atoms with van der Waals surface area (Å²) in [5.74, 6) is -0.647. The second kappa shape index (κ2) is 4.34. The molecule has 0 amide bonds. The minimum Gasteiger partial charge on any atom is -0.465 e. The maximum Gasteiger partial charge on any atom is 0.349 e. The number of nitrogens with zero attached hydrogens (tertiary/aromatic N) is 1. The van der Waals surface area contributed by atoms with Gasteiger partial charge >= 0.3 is 5.97 Å². The Hall–Kier alpha value is -1.60. The molecule has 2 aromatic heterocycles. The predicted molar refractivity (Wildman–Crippen MR) is 62.7 cm³/mol. The first kappa shape index (κ1) is 11.9. The Balaban J connectivity index is 2.56. The Morgan fingerprint density at radius 1 is 1.35 bits per heavy atom. The average molecular weight is 271 g/mol. The van der Waals surface area contributed by atoms with E-state index in [1.165, 1.54) is 25.6 Å². The maximum absolute atomic E-state index is 12.2. The van der Waals surface area contributed by atoms with Gasteiger partial charge in [0, 0.05) is 12.4 Å². The molecule has 0 N–H and O–H groups in total. The number of aromatic nitrogens is 1. The van der Waals surface area contributed by atoms with Gasteiger partial charge in [-0.15, -0.1) is 11.3 Å². The topological polar surface area (TPSA) is 65.4 Å². The first-order valence-corrected chi connectivity index (χ1v) is 6.93. The Bertz CT molecular complexity index is 625. The normalized spacial score (nSPS) is 11.4. The highest BCUT2D eigenvalue weighted by atomic mass is 32.2. The minimum atomic E-state index is -3.71. The van der Waals surface area contributed by atoms with Gasteiger partial charge in [-0.05, 0) is 23.6 Å². The van der Waals surface area contributed by atoms with Crippen LogP contribution in [0.4, 0.5) is 0 Å². The van der Waals surface area contributed by atoms with Crippen LogP contribution < -0.4 is 0 Å². The molecule has 0 saturated heterocycles. The third kappa shape index (κ3) is 1.98. The standard InChI is InChI=1S/C10H9NO4S2/c1-15-10(12)9-8(4-7-16-9)17(13,14)11-5-2-3-6-11/h2-7H,1H3. The van der Waals surface area contributed by atoms with Crippen molar-refractivity contribution in [3.05, 3.63) is 40.8 Å². The van der Waals surface area contributed by atoms with Gasteiger partial charge in [0.15, 0.2) is 0 Å². The van der Waals surface area contributed by atoms with E-state index in [0.29, 0.717) is 0 Å². The predicted octanol–water partition coefficient (Wildman–Crippen LogP) is 1.57. The number of hydrogen-bond donors (Lipinski definition) is 0. The van der Waals surface area contributed by atoms with E-state index in [-0.39, 0.29) is 9.77 Å². The molecule has 2 heterocycles. The molecule has 2 aromatic rings. The second-order valence-corrected chi connectivity index (χ2v) is 5.85. The Morgan fingerprint density at radius 2 is 2.00 bits per heavy atom. The molecule has 17 heavy (non-hydrogen) atoms. The lowest BCUT2D eigenvalue weighted by atomic mass is 10.5. The number of carbonyl (C=O) groups is 1. The zero-order valence-electron chi connectivity index (χ0n) is 8.86. The Labute approximate surface area is 102 Å². The fraction of sp³-hybridized carbons (Fsp3) is 0.100. The molecule has 0 fully saturated rings. The van der Waals surface area contributed by atoms with Crippen LogP contribution in [0.15, 0.2) is 40.9 Å². The maximum atomic E-state index is 12.2. The molecule has 0 saturated carbocycles. The number of rotatable bonds is 3. The van der Waals surface area contributed by atoms with Crippen molar-refractivity contribution in [3.63, 3.8) is 0 Å². The molecule has 0 aliphatic carbocycles. The summed E-state index contributed by atoms with van der Waals surface area (Å²) in [6.07, 6.45) is 2.82. The number of esters is 1. The van der Waals surface area contributed by atoms with Gasteiger partial charge in [-0.3, -0.25) is 0 Å². The third-order valence-corrected chi connectivity index (χ3v) is 4.85. The van der Waals surface area contributed by atoms with Crippen LogP contribution in [0.2, 0.25) is 0 Å². The lowest BCUT2D eigenvalue weighted by Gasteiger charge is -2.05. The average Bonchev–Trinajstić information content (AvgIpc) is 2.98. The molecule has 90 valence electrons. The second-order valence-electron chi connectivity index (χ2n) is 3.12. The molecule has 0 bridgehead atoms. The highest BCUT2D eigenvalue weighted by Crippen LogP contribution is 2.24. The lowest BCUT2D eigenvalue weighted by Crippen LogP contribution is -2.14. The molecule has 0 aliphatic heterocycles. The molecule has 2 rings (SSSR count). The van der Waals surface area contributed by atoms with Gasteiger partial charge < -0.3 is 4.74 Å². The van der Waals surface area contributed by atoms with Gasteiger partial charge in [0.05, 0.1) is 7.11 Å². The zero-order chi connectivity index (χ0) is 12.5.